The van der Waals surface area contributed by atoms with E-state index in [1.54, 1.807) is 19.2 Å². The molecule has 1 atom stereocenters. The molecule has 1 aromatic rings. The van der Waals surface area contributed by atoms with Gasteiger partial charge in [0, 0.05) is 17.3 Å². The Morgan fingerprint density at radius 2 is 2.16 bits per heavy atom. The van der Waals surface area contributed by atoms with Gasteiger partial charge in [-0.2, -0.15) is 0 Å². The van der Waals surface area contributed by atoms with E-state index in [4.69, 9.17) is 21.1 Å². The number of benzene rings is 1. The number of ether oxygens (including phenoxy) is 2. The molecule has 0 heterocycles. The van der Waals surface area contributed by atoms with Gasteiger partial charge in [-0.05, 0) is 40.5 Å². The summed E-state index contributed by atoms with van der Waals surface area (Å²) < 4.78 is 10.8. The number of hydrogen-bond acceptors (Lipinski definition) is 4. The highest BCUT2D eigenvalue weighted by Crippen LogP contribution is 2.28. The zero-order chi connectivity index (χ0) is 14.5. The molecule has 19 heavy (non-hydrogen) atoms. The summed E-state index contributed by atoms with van der Waals surface area (Å²) in [5, 5.41) is 3.78. The Hall–Kier alpha value is -0.780. The monoisotopic (exact) mass is 349 g/mol. The minimum Gasteiger partial charge on any atom is -0.467 e. The second-order valence-electron chi connectivity index (χ2n) is 4.11. The Kier molecular flexibility index (Phi) is 6.10. The summed E-state index contributed by atoms with van der Waals surface area (Å²) in [7, 11) is 2.91. The molecule has 4 nitrogen and oxygen atoms in total. The quantitative estimate of drug-likeness (QED) is 0.798. The molecule has 0 aromatic heterocycles. The van der Waals surface area contributed by atoms with E-state index in [9.17, 15) is 4.79 Å². The van der Waals surface area contributed by atoms with Gasteiger partial charge in [0.2, 0.25) is 0 Å². The van der Waals surface area contributed by atoms with Crippen molar-refractivity contribution in [3.63, 3.8) is 0 Å². The van der Waals surface area contributed by atoms with Gasteiger partial charge in [-0.1, -0.05) is 18.5 Å². The smallest absolute Gasteiger partial charge is 0.333 e. The fraction of sp³-hybridized carbons (Fsp3) is 0.462. The Morgan fingerprint density at radius 1 is 1.47 bits per heavy atom. The van der Waals surface area contributed by atoms with Crippen LogP contribution in [0.15, 0.2) is 22.7 Å². The molecule has 0 spiro atoms. The Balaban J connectivity index is 3.05. The highest BCUT2D eigenvalue weighted by molar-refractivity contribution is 9.10. The standard InChI is InChI=1S/C13H17BrClNO3/c1-4-13(8-18-2,12(17)19-3)16-9-5-6-11(15)10(14)7-9/h5-7,16H,4,8H2,1-3H3. The van der Waals surface area contributed by atoms with Crippen molar-refractivity contribution in [1.29, 1.82) is 0 Å². The fourth-order valence-corrected chi connectivity index (χ4v) is 2.27. The third kappa shape index (κ3) is 3.84. The van der Waals surface area contributed by atoms with Crippen LogP contribution >= 0.6 is 27.5 Å². The maximum atomic E-state index is 12.0. The first-order valence-electron chi connectivity index (χ1n) is 5.79. The molecule has 0 fully saturated rings. The largest absolute Gasteiger partial charge is 0.467 e. The van der Waals surface area contributed by atoms with E-state index in [1.807, 2.05) is 13.0 Å². The Morgan fingerprint density at radius 3 is 2.63 bits per heavy atom. The van der Waals surface area contributed by atoms with Crippen molar-refractivity contribution in [2.75, 3.05) is 26.1 Å². The number of methoxy groups -OCH3 is 2. The molecule has 0 saturated carbocycles. The second kappa shape index (κ2) is 7.12. The van der Waals surface area contributed by atoms with Gasteiger partial charge < -0.3 is 14.8 Å². The first-order chi connectivity index (χ1) is 8.99. The normalized spacial score (nSPS) is 13.7. The summed E-state index contributed by atoms with van der Waals surface area (Å²) in [6, 6.07) is 5.36. The van der Waals surface area contributed by atoms with Gasteiger partial charge >= 0.3 is 5.97 Å². The molecule has 0 radical (unpaired) electrons. The number of esters is 1. The number of halogens is 2. The molecular weight excluding hydrogens is 334 g/mol. The van der Waals surface area contributed by atoms with Crippen LogP contribution in [0, 0.1) is 0 Å². The van der Waals surface area contributed by atoms with E-state index in [-0.39, 0.29) is 12.6 Å². The van der Waals surface area contributed by atoms with Crippen LogP contribution in [0.2, 0.25) is 5.02 Å². The van der Waals surface area contributed by atoms with Crippen molar-refractivity contribution >= 4 is 39.2 Å². The van der Waals surface area contributed by atoms with E-state index in [2.05, 4.69) is 21.2 Å². The summed E-state index contributed by atoms with van der Waals surface area (Å²) in [5.74, 6) is -0.358. The molecule has 1 rings (SSSR count). The van der Waals surface area contributed by atoms with E-state index in [0.29, 0.717) is 11.4 Å². The molecule has 0 aliphatic rings. The van der Waals surface area contributed by atoms with Crippen LogP contribution in [0.4, 0.5) is 5.69 Å². The summed E-state index contributed by atoms with van der Waals surface area (Å²) >= 11 is 9.30. The van der Waals surface area contributed by atoms with Gasteiger partial charge in [-0.15, -0.1) is 0 Å². The van der Waals surface area contributed by atoms with Crippen LogP contribution < -0.4 is 5.32 Å². The molecule has 106 valence electrons. The van der Waals surface area contributed by atoms with Crippen LogP contribution in [0.25, 0.3) is 0 Å². The van der Waals surface area contributed by atoms with Gasteiger partial charge in [0.05, 0.1) is 18.7 Å². The second-order valence-corrected chi connectivity index (χ2v) is 5.38. The zero-order valence-corrected chi connectivity index (χ0v) is 13.5. The molecule has 0 bridgehead atoms. The van der Waals surface area contributed by atoms with Gasteiger partial charge in [-0.3, -0.25) is 0 Å². The lowest BCUT2D eigenvalue weighted by Gasteiger charge is -2.31. The lowest BCUT2D eigenvalue weighted by Crippen LogP contribution is -2.50. The first-order valence-corrected chi connectivity index (χ1v) is 6.96. The van der Waals surface area contributed by atoms with Gasteiger partial charge in [0.1, 0.15) is 0 Å². The highest BCUT2D eigenvalue weighted by atomic mass is 79.9. The van der Waals surface area contributed by atoms with Crippen LogP contribution in [0.5, 0.6) is 0 Å². The van der Waals surface area contributed by atoms with Gasteiger partial charge in [-0.25, -0.2) is 4.79 Å². The predicted molar refractivity (Wildman–Crippen MR) is 79.7 cm³/mol. The lowest BCUT2D eigenvalue weighted by atomic mass is 9.96. The number of rotatable bonds is 6. The average Bonchev–Trinajstić information content (AvgIpc) is 2.41. The highest BCUT2D eigenvalue weighted by Gasteiger charge is 2.38. The van der Waals surface area contributed by atoms with Crippen molar-refractivity contribution in [3.8, 4) is 0 Å². The maximum Gasteiger partial charge on any atom is 0.333 e. The van der Waals surface area contributed by atoms with Crippen molar-refractivity contribution in [2.24, 2.45) is 0 Å². The predicted octanol–water partition coefficient (Wildman–Crippen LogP) is 3.48. The van der Waals surface area contributed by atoms with Crippen LogP contribution in [-0.4, -0.2) is 32.3 Å². The first kappa shape index (κ1) is 16.3. The van der Waals surface area contributed by atoms with Gasteiger partial charge in [0.15, 0.2) is 5.54 Å². The number of carbonyl (C=O) groups excluding carboxylic acids is 1. The number of hydrogen-bond donors (Lipinski definition) is 1. The molecule has 1 unspecified atom stereocenters. The van der Waals surface area contributed by atoms with Crippen LogP contribution in [0.3, 0.4) is 0 Å². The summed E-state index contributed by atoms with van der Waals surface area (Å²) in [4.78, 5) is 12.0. The zero-order valence-electron chi connectivity index (χ0n) is 11.1. The molecule has 6 heteroatoms. The number of carbonyl (C=O) groups is 1. The fourth-order valence-electron chi connectivity index (χ4n) is 1.77. The molecule has 0 saturated heterocycles. The van der Waals surface area contributed by atoms with Crippen LogP contribution in [0.1, 0.15) is 13.3 Å². The topological polar surface area (TPSA) is 47.6 Å². The van der Waals surface area contributed by atoms with Crippen LogP contribution in [-0.2, 0) is 14.3 Å². The molecule has 0 amide bonds. The molecule has 1 N–H and O–H groups in total. The third-order valence-electron chi connectivity index (χ3n) is 2.87. The maximum absolute atomic E-state index is 12.0. The summed E-state index contributed by atoms with van der Waals surface area (Å²) in [5.41, 5.74) is -0.142. The Labute approximate surface area is 126 Å². The molecule has 1 aromatic carbocycles. The van der Waals surface area contributed by atoms with Crippen molar-refractivity contribution < 1.29 is 14.3 Å². The Bertz CT molecular complexity index is 456. The number of nitrogens with one attached hydrogen (secondary N) is 1. The molecule has 0 aliphatic carbocycles. The van der Waals surface area contributed by atoms with Crippen molar-refractivity contribution in [2.45, 2.75) is 18.9 Å². The molecule has 0 aliphatic heterocycles. The molecular formula is C13H17BrClNO3. The summed E-state index contributed by atoms with van der Waals surface area (Å²) in [6.45, 7) is 2.12. The van der Waals surface area contributed by atoms with Crippen molar-refractivity contribution in [1.82, 2.24) is 0 Å². The van der Waals surface area contributed by atoms with E-state index in [0.717, 1.165) is 10.2 Å². The van der Waals surface area contributed by atoms with E-state index >= 15 is 0 Å². The minimum absolute atomic E-state index is 0.219. The lowest BCUT2D eigenvalue weighted by molar-refractivity contribution is -0.148. The third-order valence-corrected chi connectivity index (χ3v) is 4.09. The van der Waals surface area contributed by atoms with Crippen molar-refractivity contribution in [3.05, 3.63) is 27.7 Å². The minimum atomic E-state index is -0.906. The number of anilines is 1. The summed E-state index contributed by atoms with van der Waals surface area (Å²) in [6.07, 6.45) is 0.535. The SMILES string of the molecule is CCC(COC)(Nc1ccc(Cl)c(Br)c1)C(=O)OC. The average molecular weight is 351 g/mol. The van der Waals surface area contributed by atoms with Gasteiger partial charge in [0.25, 0.3) is 0 Å². The van der Waals surface area contributed by atoms with E-state index in [1.165, 1.54) is 7.11 Å². The van der Waals surface area contributed by atoms with E-state index < -0.39 is 5.54 Å².